The highest BCUT2D eigenvalue weighted by atomic mass is 32.2. The van der Waals surface area contributed by atoms with Gasteiger partial charge < -0.3 is 15.4 Å². The second-order valence-electron chi connectivity index (χ2n) is 6.26. The van der Waals surface area contributed by atoms with E-state index in [4.69, 9.17) is 10.5 Å². The molecule has 2 N–H and O–H groups in total. The fourth-order valence-corrected chi connectivity index (χ4v) is 3.49. The van der Waals surface area contributed by atoms with Crippen LogP contribution in [0.15, 0.2) is 18.5 Å². The molecule has 124 valence electrons. The number of aromatic nitrogens is 1. The van der Waals surface area contributed by atoms with Crippen molar-refractivity contribution in [2.45, 2.75) is 20.0 Å². The van der Waals surface area contributed by atoms with E-state index >= 15 is 0 Å². The van der Waals surface area contributed by atoms with Crippen molar-refractivity contribution >= 4 is 21.2 Å². The molecule has 0 saturated carbocycles. The Bertz CT molecular complexity index is 594. The summed E-state index contributed by atoms with van der Waals surface area (Å²) in [6.07, 6.45) is 4.72. The fourth-order valence-electron chi connectivity index (χ4n) is 3.09. The molecule has 2 rings (SSSR count). The molecule has 0 bridgehead atoms. The minimum absolute atomic E-state index is 0.0704. The Kier molecular flexibility index (Phi) is 5.28. The molecule has 0 radical (unpaired) electrons. The third-order valence-electron chi connectivity index (χ3n) is 4.07. The van der Waals surface area contributed by atoms with Gasteiger partial charge in [0.25, 0.3) is 0 Å². The van der Waals surface area contributed by atoms with Crippen molar-refractivity contribution < 1.29 is 13.2 Å². The zero-order valence-corrected chi connectivity index (χ0v) is 14.2. The van der Waals surface area contributed by atoms with Crippen LogP contribution in [0.2, 0.25) is 0 Å². The van der Waals surface area contributed by atoms with Gasteiger partial charge >= 0.3 is 0 Å². The Labute approximate surface area is 132 Å². The standard InChI is InChI=1S/C15H25N3O3S/c1-11-9-18(14-4-5-17-8-13(14)16)10-12(2)15(11)21-6-7-22(3,19)20/h4-5,8,11-12,15H,6-7,9-10,16H2,1-3H3/t11-,12+,15?. The zero-order valence-electron chi connectivity index (χ0n) is 13.4. The molecule has 1 aliphatic rings. The number of pyridine rings is 1. The molecule has 6 nitrogen and oxygen atoms in total. The van der Waals surface area contributed by atoms with Crippen molar-refractivity contribution in [1.29, 1.82) is 0 Å². The van der Waals surface area contributed by atoms with Crippen LogP contribution in [-0.4, -0.2) is 51.2 Å². The lowest BCUT2D eigenvalue weighted by atomic mass is 9.88. The summed E-state index contributed by atoms with van der Waals surface area (Å²) in [6, 6.07) is 1.93. The highest BCUT2D eigenvalue weighted by Crippen LogP contribution is 2.31. The lowest BCUT2D eigenvalue weighted by Crippen LogP contribution is -2.49. The lowest BCUT2D eigenvalue weighted by Gasteiger charge is -2.42. The average molecular weight is 327 g/mol. The van der Waals surface area contributed by atoms with Gasteiger partial charge in [-0.3, -0.25) is 4.98 Å². The first kappa shape index (κ1) is 17.0. The summed E-state index contributed by atoms with van der Waals surface area (Å²) in [7, 11) is -2.98. The number of nitrogens with zero attached hydrogens (tertiary/aromatic N) is 2. The summed E-state index contributed by atoms with van der Waals surface area (Å²) in [6.45, 7) is 6.19. The van der Waals surface area contributed by atoms with Crippen LogP contribution in [0, 0.1) is 11.8 Å². The van der Waals surface area contributed by atoms with Gasteiger partial charge in [0.15, 0.2) is 0 Å². The van der Waals surface area contributed by atoms with E-state index in [0.29, 0.717) is 17.5 Å². The fraction of sp³-hybridized carbons (Fsp3) is 0.667. The molecule has 1 saturated heterocycles. The monoisotopic (exact) mass is 327 g/mol. The van der Waals surface area contributed by atoms with Crippen LogP contribution in [0.1, 0.15) is 13.8 Å². The maximum atomic E-state index is 11.2. The molecular weight excluding hydrogens is 302 g/mol. The van der Waals surface area contributed by atoms with E-state index in [9.17, 15) is 8.42 Å². The lowest BCUT2D eigenvalue weighted by molar-refractivity contribution is -0.0173. The van der Waals surface area contributed by atoms with Crippen LogP contribution in [-0.2, 0) is 14.6 Å². The summed E-state index contributed by atoms with van der Waals surface area (Å²) in [5.41, 5.74) is 7.68. The van der Waals surface area contributed by atoms with Crippen LogP contribution in [0.3, 0.4) is 0 Å². The summed E-state index contributed by atoms with van der Waals surface area (Å²) >= 11 is 0. The van der Waals surface area contributed by atoms with Crippen LogP contribution in [0.25, 0.3) is 0 Å². The van der Waals surface area contributed by atoms with Gasteiger partial charge in [-0.2, -0.15) is 0 Å². The van der Waals surface area contributed by atoms with Crippen molar-refractivity contribution in [3.63, 3.8) is 0 Å². The van der Waals surface area contributed by atoms with E-state index in [-0.39, 0.29) is 18.5 Å². The van der Waals surface area contributed by atoms with E-state index in [1.807, 2.05) is 6.07 Å². The topological polar surface area (TPSA) is 85.5 Å². The summed E-state index contributed by atoms with van der Waals surface area (Å²) < 4.78 is 28.3. The second kappa shape index (κ2) is 6.83. The molecule has 22 heavy (non-hydrogen) atoms. The predicted octanol–water partition coefficient (Wildman–Crippen LogP) is 1.19. The Morgan fingerprint density at radius 2 is 2.00 bits per heavy atom. The Balaban J connectivity index is 1.98. The van der Waals surface area contributed by atoms with E-state index in [1.54, 1.807) is 12.4 Å². The number of nitrogen functional groups attached to an aromatic ring is 1. The minimum atomic E-state index is -2.98. The normalized spacial score (nSPS) is 26.1. The maximum Gasteiger partial charge on any atom is 0.149 e. The highest BCUT2D eigenvalue weighted by molar-refractivity contribution is 7.90. The summed E-state index contributed by atoms with van der Waals surface area (Å²) in [5.74, 6) is 0.677. The molecule has 7 heteroatoms. The van der Waals surface area contributed by atoms with E-state index in [1.165, 1.54) is 6.26 Å². The second-order valence-corrected chi connectivity index (χ2v) is 8.52. The molecule has 0 aromatic carbocycles. The molecule has 1 unspecified atom stereocenters. The van der Waals surface area contributed by atoms with Gasteiger partial charge in [-0.05, 0) is 6.07 Å². The van der Waals surface area contributed by atoms with Crippen molar-refractivity contribution in [3.05, 3.63) is 18.5 Å². The zero-order chi connectivity index (χ0) is 16.3. The summed E-state index contributed by atoms with van der Waals surface area (Å²) in [5, 5.41) is 0. The van der Waals surface area contributed by atoms with Crippen molar-refractivity contribution in [1.82, 2.24) is 4.98 Å². The number of nitrogens with two attached hydrogens (primary N) is 1. The van der Waals surface area contributed by atoms with E-state index in [2.05, 4.69) is 23.7 Å². The Morgan fingerprint density at radius 3 is 2.55 bits per heavy atom. The average Bonchev–Trinajstić information content (AvgIpc) is 2.41. The van der Waals surface area contributed by atoms with Gasteiger partial charge in [0.05, 0.1) is 36.0 Å². The first-order valence-electron chi connectivity index (χ1n) is 7.51. The van der Waals surface area contributed by atoms with Gasteiger partial charge in [0.2, 0.25) is 0 Å². The number of sulfone groups is 1. The van der Waals surface area contributed by atoms with Crippen molar-refractivity contribution in [2.75, 3.05) is 42.3 Å². The number of ether oxygens (including phenoxy) is 1. The molecule has 1 aromatic rings. The minimum Gasteiger partial charge on any atom is -0.396 e. The van der Waals surface area contributed by atoms with Gasteiger partial charge in [0.1, 0.15) is 9.84 Å². The summed E-state index contributed by atoms with van der Waals surface area (Å²) in [4.78, 5) is 6.28. The quantitative estimate of drug-likeness (QED) is 0.874. The van der Waals surface area contributed by atoms with E-state index in [0.717, 1.165) is 18.8 Å². The van der Waals surface area contributed by atoms with Crippen molar-refractivity contribution in [2.24, 2.45) is 11.8 Å². The number of anilines is 2. The number of hydrogen-bond donors (Lipinski definition) is 1. The largest absolute Gasteiger partial charge is 0.396 e. The van der Waals surface area contributed by atoms with Gasteiger partial charge in [0, 0.05) is 37.4 Å². The van der Waals surface area contributed by atoms with Gasteiger partial charge in [-0.15, -0.1) is 0 Å². The highest BCUT2D eigenvalue weighted by Gasteiger charge is 2.33. The SMILES string of the molecule is C[C@@H]1CN(c2ccncc2N)C[C@H](C)C1OCCS(C)(=O)=O. The number of piperidine rings is 1. The maximum absolute atomic E-state index is 11.2. The molecule has 0 amide bonds. The Morgan fingerprint density at radius 1 is 1.36 bits per heavy atom. The molecular formula is C15H25N3O3S. The van der Waals surface area contributed by atoms with Crippen LogP contribution in [0.4, 0.5) is 11.4 Å². The third kappa shape index (κ3) is 4.33. The van der Waals surface area contributed by atoms with Gasteiger partial charge in [-0.1, -0.05) is 13.8 Å². The van der Waals surface area contributed by atoms with Gasteiger partial charge in [-0.25, -0.2) is 8.42 Å². The number of rotatable bonds is 5. The molecule has 2 heterocycles. The molecule has 1 fully saturated rings. The smallest absolute Gasteiger partial charge is 0.149 e. The van der Waals surface area contributed by atoms with Crippen LogP contribution >= 0.6 is 0 Å². The van der Waals surface area contributed by atoms with Crippen LogP contribution in [0.5, 0.6) is 0 Å². The molecule has 1 aliphatic heterocycles. The Hall–Kier alpha value is -1.34. The molecule has 0 spiro atoms. The molecule has 0 aliphatic carbocycles. The van der Waals surface area contributed by atoms with Crippen molar-refractivity contribution in [3.8, 4) is 0 Å². The molecule has 1 aromatic heterocycles. The first-order valence-corrected chi connectivity index (χ1v) is 9.57. The predicted molar refractivity (Wildman–Crippen MR) is 88.6 cm³/mol. The van der Waals surface area contributed by atoms with Crippen LogP contribution < -0.4 is 10.6 Å². The first-order chi connectivity index (χ1) is 10.3. The molecule has 3 atom stereocenters. The number of hydrogen-bond acceptors (Lipinski definition) is 6. The third-order valence-corrected chi connectivity index (χ3v) is 4.98. The van der Waals surface area contributed by atoms with E-state index < -0.39 is 9.84 Å².